The summed E-state index contributed by atoms with van der Waals surface area (Å²) in [6, 6.07) is 5.42. The Morgan fingerprint density at radius 2 is 1.71 bits per heavy atom. The molecule has 2 aliphatic heterocycles. The van der Waals surface area contributed by atoms with Gasteiger partial charge in [0.25, 0.3) is 11.8 Å². The highest BCUT2D eigenvalue weighted by Crippen LogP contribution is 2.35. The molecule has 2 saturated heterocycles. The van der Waals surface area contributed by atoms with Gasteiger partial charge in [-0.15, -0.1) is 15.3 Å². The Morgan fingerprint density at radius 1 is 1.02 bits per heavy atom. The largest absolute Gasteiger partial charge is 0.418 e. The van der Waals surface area contributed by atoms with Gasteiger partial charge in [-0.2, -0.15) is 13.2 Å². The van der Waals surface area contributed by atoms with Gasteiger partial charge < -0.3 is 20.3 Å². The van der Waals surface area contributed by atoms with Crippen molar-refractivity contribution in [2.75, 3.05) is 76.0 Å². The number of carbonyl (C=O) groups excluding carboxylic acids is 2. The average molecular weight is 709 g/mol. The summed E-state index contributed by atoms with van der Waals surface area (Å²) in [5.74, 6) is -1.67. The summed E-state index contributed by atoms with van der Waals surface area (Å²) >= 11 is 0. The van der Waals surface area contributed by atoms with Crippen molar-refractivity contribution in [3.05, 3.63) is 47.4 Å². The minimum atomic E-state index is -5.10. The number of likely N-dealkylation sites (N-methyl/N-ethyl adjacent to an activating group) is 1. The zero-order valence-electron chi connectivity index (χ0n) is 27.6. The van der Waals surface area contributed by atoms with Crippen LogP contribution in [0, 0.1) is 0 Å². The fraction of sp³-hybridized carbons (Fsp3) is 0.533. The van der Waals surface area contributed by atoms with E-state index in [1.54, 1.807) is 12.1 Å². The van der Waals surface area contributed by atoms with Crippen molar-refractivity contribution >= 4 is 33.0 Å². The van der Waals surface area contributed by atoms with Crippen molar-refractivity contribution in [3.8, 4) is 5.69 Å². The van der Waals surface area contributed by atoms with E-state index in [2.05, 4.69) is 40.9 Å². The Bertz CT molecular complexity index is 1770. The standard InChI is InChI=1S/C30H39F3N10O5S/c1-19-16-42(17-20(2)40(19)3)25-7-6-21(43-18-24(36-39-43)28(44)34-8-5-9-41-10-12-48-13-11-41)14-23(25)35-29(45)27-22(30(31,32)33)15-26(37-38-27)49(4,46)47/h6-7,14-15,18-20H,5,8-13,16-17H2,1-4H3,(H,34,44)(H,35,45)/t19-,20+. The Morgan fingerprint density at radius 3 is 2.37 bits per heavy atom. The Labute approximate surface area is 281 Å². The SMILES string of the molecule is C[C@@H]1CN(c2ccc(-n3cc(C(=O)NCCCN4CCOCC4)nn3)cc2NC(=O)c2nnc(S(C)(=O)=O)cc2C(F)(F)F)C[C@H](C)N1C. The Kier molecular flexibility index (Phi) is 10.9. The molecule has 19 heteroatoms. The summed E-state index contributed by atoms with van der Waals surface area (Å²) in [7, 11) is -2.14. The van der Waals surface area contributed by atoms with Crippen LogP contribution in [0.3, 0.4) is 0 Å². The van der Waals surface area contributed by atoms with Gasteiger partial charge in [0.1, 0.15) is 0 Å². The van der Waals surface area contributed by atoms with Crippen LogP contribution in [0.4, 0.5) is 24.5 Å². The van der Waals surface area contributed by atoms with Gasteiger partial charge >= 0.3 is 6.18 Å². The van der Waals surface area contributed by atoms with E-state index in [1.165, 1.54) is 16.9 Å². The molecule has 0 aliphatic carbocycles. The van der Waals surface area contributed by atoms with Crippen LogP contribution in [0.1, 0.15) is 46.8 Å². The van der Waals surface area contributed by atoms with Gasteiger partial charge in [-0.05, 0) is 58.1 Å². The summed E-state index contributed by atoms with van der Waals surface area (Å²) in [5, 5.41) is 19.3. The highest BCUT2D eigenvalue weighted by molar-refractivity contribution is 7.90. The molecule has 2 amide bonds. The molecule has 2 fully saturated rings. The molecule has 266 valence electrons. The molecule has 2 aromatic heterocycles. The van der Waals surface area contributed by atoms with E-state index in [1.807, 2.05) is 25.8 Å². The number of piperazine rings is 1. The van der Waals surface area contributed by atoms with Gasteiger partial charge in [0.2, 0.25) is 0 Å². The third kappa shape index (κ3) is 8.70. The molecular formula is C30H39F3N10O5S. The second-order valence-corrected chi connectivity index (χ2v) is 14.2. The number of carbonyl (C=O) groups is 2. The number of aromatic nitrogens is 5. The molecule has 1 aromatic carbocycles. The normalized spacial score (nSPS) is 19.5. The topological polar surface area (TPSA) is 168 Å². The summed E-state index contributed by atoms with van der Waals surface area (Å²) in [5.41, 5.74) is -1.56. The van der Waals surface area contributed by atoms with Crippen LogP contribution in [0.5, 0.6) is 0 Å². The van der Waals surface area contributed by atoms with Crippen LogP contribution < -0.4 is 15.5 Å². The number of alkyl halides is 3. The minimum Gasteiger partial charge on any atom is -0.379 e. The van der Waals surface area contributed by atoms with E-state index < -0.39 is 44.1 Å². The number of benzene rings is 1. The van der Waals surface area contributed by atoms with E-state index in [4.69, 9.17) is 4.74 Å². The number of morpholine rings is 1. The molecule has 2 N–H and O–H groups in total. The fourth-order valence-corrected chi connectivity index (χ4v) is 6.20. The molecule has 0 radical (unpaired) electrons. The maximum atomic E-state index is 14.0. The molecule has 4 heterocycles. The summed E-state index contributed by atoms with van der Waals surface area (Å²) in [4.78, 5) is 32.7. The van der Waals surface area contributed by atoms with Gasteiger partial charge in [-0.3, -0.25) is 19.4 Å². The summed E-state index contributed by atoms with van der Waals surface area (Å²) in [6.07, 6.45) is -2.26. The first-order valence-electron chi connectivity index (χ1n) is 15.7. The summed E-state index contributed by atoms with van der Waals surface area (Å²) < 4.78 is 72.6. The number of rotatable bonds is 10. The molecule has 2 aliphatic rings. The molecule has 2 atom stereocenters. The van der Waals surface area contributed by atoms with Crippen molar-refractivity contribution in [1.29, 1.82) is 0 Å². The zero-order chi connectivity index (χ0) is 35.5. The molecule has 0 bridgehead atoms. The molecule has 15 nitrogen and oxygen atoms in total. The first kappa shape index (κ1) is 36.1. The van der Waals surface area contributed by atoms with Gasteiger partial charge in [0.05, 0.1) is 42.0 Å². The first-order valence-corrected chi connectivity index (χ1v) is 17.6. The van der Waals surface area contributed by atoms with Crippen molar-refractivity contribution in [3.63, 3.8) is 0 Å². The van der Waals surface area contributed by atoms with E-state index in [-0.39, 0.29) is 23.5 Å². The number of ether oxygens (including phenoxy) is 1. The van der Waals surface area contributed by atoms with Crippen LogP contribution in [-0.2, 0) is 20.8 Å². The molecule has 0 spiro atoms. The molecule has 5 rings (SSSR count). The first-order chi connectivity index (χ1) is 23.1. The van der Waals surface area contributed by atoms with E-state index in [0.717, 1.165) is 26.1 Å². The Hall–Kier alpha value is -4.20. The molecule has 3 aromatic rings. The van der Waals surface area contributed by atoms with Gasteiger partial charge in [0.15, 0.2) is 26.3 Å². The minimum absolute atomic E-state index is 0.0545. The smallest absolute Gasteiger partial charge is 0.379 e. The lowest BCUT2D eigenvalue weighted by atomic mass is 10.1. The summed E-state index contributed by atoms with van der Waals surface area (Å²) in [6.45, 7) is 9.52. The number of hydrogen-bond acceptors (Lipinski definition) is 12. The second-order valence-electron chi connectivity index (χ2n) is 12.3. The number of nitrogens with one attached hydrogen (secondary N) is 2. The third-order valence-electron chi connectivity index (χ3n) is 8.63. The number of anilines is 2. The van der Waals surface area contributed by atoms with Crippen LogP contribution in [0.15, 0.2) is 35.5 Å². The van der Waals surface area contributed by atoms with E-state index in [0.29, 0.717) is 56.5 Å². The van der Waals surface area contributed by atoms with Crippen LogP contribution in [0.25, 0.3) is 5.69 Å². The van der Waals surface area contributed by atoms with Gasteiger partial charge in [-0.25, -0.2) is 13.1 Å². The number of amides is 2. The zero-order valence-corrected chi connectivity index (χ0v) is 28.4. The quantitative estimate of drug-likeness (QED) is 0.293. The lowest BCUT2D eigenvalue weighted by Gasteiger charge is -2.44. The van der Waals surface area contributed by atoms with Crippen molar-refractivity contribution in [2.24, 2.45) is 0 Å². The highest BCUT2D eigenvalue weighted by Gasteiger charge is 2.38. The predicted octanol–water partition coefficient (Wildman–Crippen LogP) is 1.71. The van der Waals surface area contributed by atoms with Gasteiger partial charge in [-0.1, -0.05) is 5.21 Å². The number of nitrogens with zero attached hydrogens (tertiary/aromatic N) is 8. The lowest BCUT2D eigenvalue weighted by Crippen LogP contribution is -2.55. The average Bonchev–Trinajstić information content (AvgIpc) is 3.55. The number of halogens is 3. The molecule has 0 saturated carbocycles. The Balaban J connectivity index is 1.40. The maximum Gasteiger partial charge on any atom is 0.418 e. The van der Waals surface area contributed by atoms with Crippen LogP contribution in [0.2, 0.25) is 0 Å². The number of hydrogen-bond donors (Lipinski definition) is 2. The number of sulfone groups is 1. The molecule has 49 heavy (non-hydrogen) atoms. The van der Waals surface area contributed by atoms with Crippen molar-refractivity contribution < 1.29 is 35.9 Å². The van der Waals surface area contributed by atoms with Crippen molar-refractivity contribution in [1.82, 2.24) is 40.3 Å². The highest BCUT2D eigenvalue weighted by atomic mass is 32.2. The predicted molar refractivity (Wildman–Crippen MR) is 173 cm³/mol. The lowest BCUT2D eigenvalue weighted by molar-refractivity contribution is -0.138. The van der Waals surface area contributed by atoms with Gasteiger partial charge in [0, 0.05) is 51.1 Å². The van der Waals surface area contributed by atoms with E-state index >= 15 is 0 Å². The monoisotopic (exact) mass is 708 g/mol. The second kappa shape index (κ2) is 14.7. The van der Waals surface area contributed by atoms with Crippen LogP contribution >= 0.6 is 0 Å². The fourth-order valence-electron chi connectivity index (χ4n) is 5.68. The molecule has 0 unspecified atom stereocenters. The third-order valence-corrected chi connectivity index (χ3v) is 9.59. The maximum absolute atomic E-state index is 14.0. The van der Waals surface area contributed by atoms with Crippen molar-refractivity contribution in [2.45, 2.75) is 43.6 Å². The molecular weight excluding hydrogens is 669 g/mol. The van der Waals surface area contributed by atoms with Crippen LogP contribution in [-0.4, -0.2) is 133 Å². The van der Waals surface area contributed by atoms with E-state index in [9.17, 15) is 31.2 Å².